The fourth-order valence-electron chi connectivity index (χ4n) is 1.85. The van der Waals surface area contributed by atoms with Crippen molar-refractivity contribution < 1.29 is 0 Å². The smallest absolute Gasteiger partial charge is 0.287 e. The Labute approximate surface area is 99.6 Å². The van der Waals surface area contributed by atoms with E-state index in [0.717, 1.165) is 0 Å². The lowest BCUT2D eigenvalue weighted by Gasteiger charge is -2.27. The molecule has 0 atom stereocenters. The molecule has 1 aliphatic carbocycles. The van der Waals surface area contributed by atoms with Crippen molar-refractivity contribution in [3.05, 3.63) is 21.6 Å². The van der Waals surface area contributed by atoms with Crippen LogP contribution in [0.2, 0.25) is 5.02 Å². The van der Waals surface area contributed by atoms with Crippen molar-refractivity contribution in [1.29, 1.82) is 0 Å². The maximum Gasteiger partial charge on any atom is 0.287 e. The third kappa shape index (κ3) is 2.07. The monoisotopic (exact) mass is 241 g/mol. The summed E-state index contributed by atoms with van der Waals surface area (Å²) in [4.78, 5) is 11.6. The van der Waals surface area contributed by atoms with Crippen molar-refractivity contribution in [2.75, 3.05) is 5.32 Å². The van der Waals surface area contributed by atoms with Gasteiger partial charge in [0.2, 0.25) is 0 Å². The van der Waals surface area contributed by atoms with E-state index in [1.165, 1.54) is 17.5 Å². The van der Waals surface area contributed by atoms with Gasteiger partial charge in [-0.3, -0.25) is 4.79 Å². The maximum absolute atomic E-state index is 11.6. The van der Waals surface area contributed by atoms with Gasteiger partial charge in [0.25, 0.3) is 5.56 Å². The molecule has 0 aromatic carbocycles. The van der Waals surface area contributed by atoms with E-state index in [-0.39, 0.29) is 16.1 Å². The predicted molar refractivity (Wildman–Crippen MR) is 64.9 cm³/mol. The molecule has 0 radical (unpaired) electrons. The van der Waals surface area contributed by atoms with Crippen LogP contribution in [0.25, 0.3) is 0 Å². The third-order valence-corrected chi connectivity index (χ3v) is 3.50. The van der Waals surface area contributed by atoms with Crippen LogP contribution in [0.15, 0.2) is 11.0 Å². The SMILES string of the molecule is Cn1ncc(NC(C)(C)C2CC2)c(Cl)c1=O. The Balaban J connectivity index is 2.28. The van der Waals surface area contributed by atoms with Gasteiger partial charge in [-0.15, -0.1) is 0 Å². The van der Waals surface area contributed by atoms with Crippen LogP contribution in [0.5, 0.6) is 0 Å². The van der Waals surface area contributed by atoms with E-state index < -0.39 is 0 Å². The summed E-state index contributed by atoms with van der Waals surface area (Å²) in [5.74, 6) is 0.660. The number of hydrogen-bond donors (Lipinski definition) is 1. The number of anilines is 1. The molecule has 0 amide bonds. The van der Waals surface area contributed by atoms with Gasteiger partial charge < -0.3 is 5.32 Å². The Morgan fingerprint density at radius 1 is 1.56 bits per heavy atom. The van der Waals surface area contributed by atoms with Crippen molar-refractivity contribution >= 4 is 17.3 Å². The van der Waals surface area contributed by atoms with E-state index >= 15 is 0 Å². The zero-order chi connectivity index (χ0) is 11.9. The van der Waals surface area contributed by atoms with Crippen molar-refractivity contribution in [2.24, 2.45) is 13.0 Å². The maximum atomic E-state index is 11.6. The van der Waals surface area contributed by atoms with Gasteiger partial charge in [-0.05, 0) is 32.6 Å². The summed E-state index contributed by atoms with van der Waals surface area (Å²) in [6, 6.07) is 0. The normalized spacial score (nSPS) is 16.2. The average molecular weight is 242 g/mol. The van der Waals surface area contributed by atoms with E-state index in [1.54, 1.807) is 13.2 Å². The fraction of sp³-hybridized carbons (Fsp3) is 0.636. The molecule has 1 fully saturated rings. The summed E-state index contributed by atoms with van der Waals surface area (Å²) in [6.45, 7) is 4.25. The van der Waals surface area contributed by atoms with Crippen LogP contribution in [0.4, 0.5) is 5.69 Å². The highest BCUT2D eigenvalue weighted by Crippen LogP contribution is 2.41. The minimum Gasteiger partial charge on any atom is -0.377 e. The zero-order valence-electron chi connectivity index (χ0n) is 9.75. The number of aromatic nitrogens is 2. The average Bonchev–Trinajstić information content (AvgIpc) is 3.02. The largest absolute Gasteiger partial charge is 0.377 e. The molecule has 1 N–H and O–H groups in total. The highest BCUT2D eigenvalue weighted by atomic mass is 35.5. The molecule has 5 heteroatoms. The predicted octanol–water partition coefficient (Wildman–Crippen LogP) is 2.03. The Kier molecular flexibility index (Phi) is 2.70. The highest BCUT2D eigenvalue weighted by molar-refractivity contribution is 6.32. The summed E-state index contributed by atoms with van der Waals surface area (Å²) in [7, 11) is 1.59. The van der Waals surface area contributed by atoms with Gasteiger partial charge in [0.15, 0.2) is 0 Å². The molecule has 0 saturated heterocycles. The molecule has 0 spiro atoms. The van der Waals surface area contributed by atoms with Gasteiger partial charge in [0, 0.05) is 12.6 Å². The lowest BCUT2D eigenvalue weighted by atomic mass is 9.98. The molecule has 16 heavy (non-hydrogen) atoms. The van der Waals surface area contributed by atoms with Crippen LogP contribution in [0.3, 0.4) is 0 Å². The molecule has 88 valence electrons. The van der Waals surface area contributed by atoms with E-state index in [0.29, 0.717) is 11.6 Å². The summed E-state index contributed by atoms with van der Waals surface area (Å²) < 4.78 is 1.23. The topological polar surface area (TPSA) is 46.9 Å². The lowest BCUT2D eigenvalue weighted by molar-refractivity contribution is 0.493. The number of rotatable bonds is 3. The Bertz CT molecular complexity index is 463. The first-order chi connectivity index (χ1) is 7.42. The molecule has 4 nitrogen and oxygen atoms in total. The summed E-state index contributed by atoms with van der Waals surface area (Å²) in [5, 5.41) is 7.48. The van der Waals surface area contributed by atoms with Crippen LogP contribution in [-0.4, -0.2) is 15.3 Å². The van der Waals surface area contributed by atoms with Gasteiger partial charge in [0.05, 0.1) is 11.9 Å². The zero-order valence-corrected chi connectivity index (χ0v) is 10.5. The molecule has 0 unspecified atom stereocenters. The van der Waals surface area contributed by atoms with Gasteiger partial charge in [-0.25, -0.2) is 4.68 Å². The molecule has 1 heterocycles. The second-order valence-electron chi connectivity index (χ2n) is 4.92. The number of nitrogens with one attached hydrogen (secondary N) is 1. The van der Waals surface area contributed by atoms with Crippen molar-refractivity contribution in [1.82, 2.24) is 9.78 Å². The van der Waals surface area contributed by atoms with Crippen molar-refractivity contribution in [3.63, 3.8) is 0 Å². The van der Waals surface area contributed by atoms with Gasteiger partial charge in [0.1, 0.15) is 5.02 Å². The molecule has 1 saturated carbocycles. The molecule has 1 aliphatic rings. The summed E-state index contributed by atoms with van der Waals surface area (Å²) in [5.41, 5.74) is 0.331. The summed E-state index contributed by atoms with van der Waals surface area (Å²) >= 11 is 5.99. The van der Waals surface area contributed by atoms with E-state index in [1.807, 2.05) is 0 Å². The third-order valence-electron chi connectivity index (χ3n) is 3.13. The molecule has 0 aliphatic heterocycles. The lowest BCUT2D eigenvalue weighted by Crippen LogP contribution is -2.34. The first-order valence-corrected chi connectivity index (χ1v) is 5.79. The van der Waals surface area contributed by atoms with Crippen LogP contribution < -0.4 is 10.9 Å². The Hall–Kier alpha value is -1.03. The second-order valence-corrected chi connectivity index (χ2v) is 5.30. The minimum atomic E-state index is -0.265. The van der Waals surface area contributed by atoms with E-state index in [9.17, 15) is 4.79 Å². The summed E-state index contributed by atoms with van der Waals surface area (Å²) in [6.07, 6.45) is 4.07. The molecular weight excluding hydrogens is 226 g/mol. The molecule has 1 aromatic rings. The second kappa shape index (κ2) is 3.77. The van der Waals surface area contributed by atoms with Crippen LogP contribution in [-0.2, 0) is 7.05 Å². The number of nitrogens with zero attached hydrogens (tertiary/aromatic N) is 2. The Morgan fingerprint density at radius 3 is 2.75 bits per heavy atom. The van der Waals surface area contributed by atoms with Crippen LogP contribution in [0.1, 0.15) is 26.7 Å². The van der Waals surface area contributed by atoms with E-state index in [2.05, 4.69) is 24.3 Å². The molecule has 1 aromatic heterocycles. The van der Waals surface area contributed by atoms with Gasteiger partial charge >= 0.3 is 0 Å². The highest BCUT2D eigenvalue weighted by Gasteiger charge is 2.38. The van der Waals surface area contributed by atoms with Crippen LogP contribution in [0, 0.1) is 5.92 Å². The van der Waals surface area contributed by atoms with Crippen LogP contribution >= 0.6 is 11.6 Å². The molecule has 2 rings (SSSR count). The van der Waals surface area contributed by atoms with E-state index in [4.69, 9.17) is 11.6 Å². The minimum absolute atomic E-state index is 0.0301. The number of halogens is 1. The molecule has 0 bridgehead atoms. The first kappa shape index (κ1) is 11.5. The van der Waals surface area contributed by atoms with Crippen molar-refractivity contribution in [3.8, 4) is 0 Å². The number of aryl methyl sites for hydroxylation is 1. The molecular formula is C11H16ClN3O. The number of hydrogen-bond acceptors (Lipinski definition) is 3. The standard InChI is InChI=1S/C11H16ClN3O/c1-11(2,7-4-5-7)14-8-6-13-15(3)10(16)9(8)12/h6-7,14H,4-5H2,1-3H3. The van der Waals surface area contributed by atoms with Gasteiger partial charge in [-0.1, -0.05) is 11.6 Å². The van der Waals surface area contributed by atoms with Gasteiger partial charge in [-0.2, -0.15) is 5.10 Å². The fourth-order valence-corrected chi connectivity index (χ4v) is 2.07. The quantitative estimate of drug-likeness (QED) is 0.881. The Morgan fingerprint density at radius 2 is 2.19 bits per heavy atom. The van der Waals surface area contributed by atoms with Crippen molar-refractivity contribution in [2.45, 2.75) is 32.2 Å². The first-order valence-electron chi connectivity index (χ1n) is 5.42.